The molecule has 1 aromatic heterocycles. The summed E-state index contributed by atoms with van der Waals surface area (Å²) >= 11 is 0. The van der Waals surface area contributed by atoms with Gasteiger partial charge in [0.25, 0.3) is 0 Å². The molecule has 0 spiro atoms. The Morgan fingerprint density at radius 2 is 1.85 bits per heavy atom. The molecule has 2 rings (SSSR count). The minimum atomic E-state index is -0.738. The summed E-state index contributed by atoms with van der Waals surface area (Å²) in [6, 6.07) is 11.1. The molecular formula is C19H27IN4O3. The first kappa shape index (κ1) is 23.0. The highest BCUT2D eigenvalue weighted by Crippen LogP contribution is 2.26. The zero-order valence-corrected chi connectivity index (χ0v) is 18.1. The number of hydrogen-bond acceptors (Lipinski definition) is 5. The Morgan fingerprint density at radius 3 is 2.41 bits per heavy atom. The van der Waals surface area contributed by atoms with Gasteiger partial charge in [-0.2, -0.15) is 0 Å². The van der Waals surface area contributed by atoms with Crippen LogP contribution in [0.25, 0.3) is 0 Å². The van der Waals surface area contributed by atoms with E-state index in [9.17, 15) is 5.11 Å². The van der Waals surface area contributed by atoms with Gasteiger partial charge in [0, 0.05) is 25.4 Å². The summed E-state index contributed by atoms with van der Waals surface area (Å²) in [6.07, 6.45) is 1.00. The molecule has 1 atom stereocenters. The van der Waals surface area contributed by atoms with Gasteiger partial charge in [-0.25, -0.2) is 4.99 Å². The van der Waals surface area contributed by atoms with E-state index in [-0.39, 0.29) is 24.0 Å². The topological polar surface area (TPSA) is 88.0 Å². The number of hydrogen-bond donors (Lipinski definition) is 3. The summed E-state index contributed by atoms with van der Waals surface area (Å²) in [5.41, 5.74) is 1.58. The van der Waals surface area contributed by atoms with Crippen molar-refractivity contribution >= 4 is 29.9 Å². The van der Waals surface area contributed by atoms with Gasteiger partial charge in [-0.05, 0) is 36.8 Å². The SMILES string of the molecule is CCNC(=NCc1ccccn1)NCC(O)c1cc(OC)cc(OC)c1.I. The van der Waals surface area contributed by atoms with E-state index in [4.69, 9.17) is 9.47 Å². The third-order valence-electron chi connectivity index (χ3n) is 3.69. The van der Waals surface area contributed by atoms with Crippen molar-refractivity contribution in [3.63, 3.8) is 0 Å². The van der Waals surface area contributed by atoms with E-state index >= 15 is 0 Å². The van der Waals surface area contributed by atoms with Gasteiger partial charge >= 0.3 is 0 Å². The number of benzene rings is 1. The number of aliphatic hydroxyl groups is 1. The molecule has 0 aliphatic rings. The third kappa shape index (κ3) is 7.59. The maximum Gasteiger partial charge on any atom is 0.191 e. The highest BCUT2D eigenvalue weighted by atomic mass is 127. The van der Waals surface area contributed by atoms with Crippen molar-refractivity contribution in [3.05, 3.63) is 53.9 Å². The molecule has 0 aliphatic heterocycles. The summed E-state index contributed by atoms with van der Waals surface area (Å²) in [6.45, 7) is 3.46. The van der Waals surface area contributed by atoms with Crippen LogP contribution in [-0.4, -0.2) is 43.4 Å². The molecule has 0 aliphatic carbocycles. The predicted molar refractivity (Wildman–Crippen MR) is 117 cm³/mol. The van der Waals surface area contributed by atoms with E-state index in [1.54, 1.807) is 38.6 Å². The van der Waals surface area contributed by atoms with E-state index in [1.807, 2.05) is 25.1 Å². The lowest BCUT2D eigenvalue weighted by molar-refractivity contribution is 0.180. The molecule has 0 fully saturated rings. The Kier molecular flexibility index (Phi) is 10.5. The zero-order chi connectivity index (χ0) is 18.8. The van der Waals surface area contributed by atoms with Gasteiger partial charge in [-0.15, -0.1) is 24.0 Å². The Morgan fingerprint density at radius 1 is 1.15 bits per heavy atom. The number of ether oxygens (including phenoxy) is 2. The molecule has 0 bridgehead atoms. The molecule has 0 saturated heterocycles. The van der Waals surface area contributed by atoms with Gasteiger partial charge in [-0.3, -0.25) is 4.98 Å². The lowest BCUT2D eigenvalue weighted by Gasteiger charge is -2.17. The maximum atomic E-state index is 10.5. The monoisotopic (exact) mass is 486 g/mol. The van der Waals surface area contributed by atoms with Crippen LogP contribution in [0.15, 0.2) is 47.6 Å². The van der Waals surface area contributed by atoms with Crippen molar-refractivity contribution < 1.29 is 14.6 Å². The van der Waals surface area contributed by atoms with E-state index < -0.39 is 6.10 Å². The van der Waals surface area contributed by atoms with Crippen molar-refractivity contribution in [1.82, 2.24) is 15.6 Å². The predicted octanol–water partition coefficient (Wildman–Crippen LogP) is 2.51. The number of methoxy groups -OCH3 is 2. The molecule has 2 aromatic rings. The van der Waals surface area contributed by atoms with Gasteiger partial charge in [0.15, 0.2) is 5.96 Å². The van der Waals surface area contributed by atoms with Crippen LogP contribution >= 0.6 is 24.0 Å². The summed E-state index contributed by atoms with van der Waals surface area (Å²) in [4.78, 5) is 8.74. The second-order valence-corrected chi connectivity index (χ2v) is 5.56. The van der Waals surface area contributed by atoms with Crippen molar-refractivity contribution in [1.29, 1.82) is 0 Å². The van der Waals surface area contributed by atoms with Gasteiger partial charge in [0.2, 0.25) is 0 Å². The highest BCUT2D eigenvalue weighted by Gasteiger charge is 2.12. The van der Waals surface area contributed by atoms with Crippen LogP contribution in [0.2, 0.25) is 0 Å². The summed E-state index contributed by atoms with van der Waals surface area (Å²) < 4.78 is 10.5. The van der Waals surface area contributed by atoms with Crippen molar-refractivity contribution in [2.24, 2.45) is 4.99 Å². The highest BCUT2D eigenvalue weighted by molar-refractivity contribution is 14.0. The minimum absolute atomic E-state index is 0. The molecule has 8 heteroatoms. The summed E-state index contributed by atoms with van der Waals surface area (Å²) in [5.74, 6) is 1.88. The maximum absolute atomic E-state index is 10.5. The first-order valence-corrected chi connectivity index (χ1v) is 8.49. The van der Waals surface area contributed by atoms with Gasteiger partial charge in [0.05, 0.1) is 32.6 Å². The van der Waals surface area contributed by atoms with E-state index in [0.717, 1.165) is 12.2 Å². The Labute approximate surface area is 177 Å². The lowest BCUT2D eigenvalue weighted by atomic mass is 10.1. The van der Waals surface area contributed by atoms with Gasteiger partial charge < -0.3 is 25.2 Å². The van der Waals surface area contributed by atoms with Crippen LogP contribution < -0.4 is 20.1 Å². The van der Waals surface area contributed by atoms with Crippen LogP contribution in [0.3, 0.4) is 0 Å². The van der Waals surface area contributed by atoms with Crippen molar-refractivity contribution in [2.45, 2.75) is 19.6 Å². The van der Waals surface area contributed by atoms with E-state index in [0.29, 0.717) is 36.1 Å². The number of guanidine groups is 1. The number of aliphatic hydroxyl groups excluding tert-OH is 1. The third-order valence-corrected chi connectivity index (χ3v) is 3.69. The number of aromatic nitrogens is 1. The Balaban J connectivity index is 0.00000364. The van der Waals surface area contributed by atoms with Gasteiger partial charge in [-0.1, -0.05) is 6.07 Å². The fourth-order valence-corrected chi connectivity index (χ4v) is 2.33. The minimum Gasteiger partial charge on any atom is -0.497 e. The smallest absolute Gasteiger partial charge is 0.191 e. The number of aliphatic imine (C=N–C) groups is 1. The second kappa shape index (κ2) is 12.3. The fourth-order valence-electron chi connectivity index (χ4n) is 2.33. The molecule has 1 aromatic carbocycles. The molecule has 3 N–H and O–H groups in total. The first-order valence-electron chi connectivity index (χ1n) is 8.49. The molecule has 1 unspecified atom stereocenters. The Hall–Kier alpha value is -2.07. The van der Waals surface area contributed by atoms with Gasteiger partial charge in [0.1, 0.15) is 11.5 Å². The number of nitrogens with one attached hydrogen (secondary N) is 2. The molecule has 0 amide bonds. The lowest BCUT2D eigenvalue weighted by Crippen LogP contribution is -2.39. The molecule has 27 heavy (non-hydrogen) atoms. The van der Waals surface area contributed by atoms with E-state index in [2.05, 4.69) is 20.6 Å². The average Bonchev–Trinajstić information content (AvgIpc) is 2.70. The van der Waals surface area contributed by atoms with Crippen LogP contribution in [0.5, 0.6) is 11.5 Å². The first-order chi connectivity index (χ1) is 12.7. The molecule has 148 valence electrons. The Bertz CT molecular complexity index is 691. The number of nitrogens with zero attached hydrogens (tertiary/aromatic N) is 2. The van der Waals surface area contributed by atoms with Crippen LogP contribution in [0.4, 0.5) is 0 Å². The van der Waals surface area contributed by atoms with Crippen LogP contribution in [0, 0.1) is 0 Å². The van der Waals surface area contributed by atoms with Crippen LogP contribution in [0.1, 0.15) is 24.3 Å². The average molecular weight is 486 g/mol. The van der Waals surface area contributed by atoms with Crippen molar-refractivity contribution in [3.8, 4) is 11.5 Å². The molecular weight excluding hydrogens is 459 g/mol. The molecule has 7 nitrogen and oxygen atoms in total. The van der Waals surface area contributed by atoms with Crippen molar-refractivity contribution in [2.75, 3.05) is 27.3 Å². The summed E-state index contributed by atoms with van der Waals surface area (Å²) in [7, 11) is 3.16. The molecule has 1 heterocycles. The second-order valence-electron chi connectivity index (χ2n) is 5.56. The zero-order valence-electron chi connectivity index (χ0n) is 15.8. The number of pyridine rings is 1. The largest absolute Gasteiger partial charge is 0.497 e. The fraction of sp³-hybridized carbons (Fsp3) is 0.368. The normalized spacial score (nSPS) is 11.9. The quantitative estimate of drug-likeness (QED) is 0.302. The summed E-state index contributed by atoms with van der Waals surface area (Å²) in [5, 5.41) is 16.8. The van der Waals surface area contributed by atoms with Crippen LogP contribution in [-0.2, 0) is 6.54 Å². The molecule has 0 saturated carbocycles. The molecule has 0 radical (unpaired) electrons. The van der Waals surface area contributed by atoms with E-state index in [1.165, 1.54) is 0 Å². The number of rotatable bonds is 8. The number of halogens is 1. The standard InChI is InChI=1S/C19H26N4O3.HI/c1-4-20-19(22-12-15-7-5-6-8-21-15)23-13-18(24)14-9-16(25-2)11-17(10-14)26-3;/h5-11,18,24H,4,12-13H2,1-3H3,(H2,20,22,23);1H.